The number of nitrogens with two attached hydrogens (primary N) is 1. The summed E-state index contributed by atoms with van der Waals surface area (Å²) < 4.78 is 13.8. The number of nitrogen functional groups attached to an aromatic ring is 1. The molecule has 0 spiro atoms. The van der Waals surface area contributed by atoms with E-state index in [2.05, 4.69) is 12.2 Å². The fourth-order valence-corrected chi connectivity index (χ4v) is 1.80. The van der Waals surface area contributed by atoms with Gasteiger partial charge in [0.1, 0.15) is 5.82 Å². The summed E-state index contributed by atoms with van der Waals surface area (Å²) in [6.07, 6.45) is 3.45. The number of rotatable bonds is 5. The highest BCUT2D eigenvalue weighted by molar-refractivity contribution is 14.1. The van der Waals surface area contributed by atoms with E-state index in [0.29, 0.717) is 14.9 Å². The Morgan fingerprint density at radius 1 is 1.40 bits per heavy atom. The third-order valence-electron chi connectivity index (χ3n) is 2.19. The topological polar surface area (TPSA) is 38.0 Å². The summed E-state index contributed by atoms with van der Waals surface area (Å²) in [5.74, 6) is -0.220. The molecular formula is C11H16FIN2. The van der Waals surface area contributed by atoms with Crippen molar-refractivity contribution in [3.05, 3.63) is 21.5 Å². The maximum absolute atomic E-state index is 13.2. The van der Waals surface area contributed by atoms with Crippen molar-refractivity contribution >= 4 is 34.0 Å². The summed E-state index contributed by atoms with van der Waals surface area (Å²) >= 11 is 1.93. The maximum Gasteiger partial charge on any atom is 0.138 e. The average Bonchev–Trinajstić information content (AvgIpc) is 2.20. The van der Waals surface area contributed by atoms with Crippen molar-refractivity contribution in [3.63, 3.8) is 0 Å². The third kappa shape index (κ3) is 3.85. The minimum absolute atomic E-state index is 0.220. The van der Waals surface area contributed by atoms with Gasteiger partial charge in [0.2, 0.25) is 0 Å². The fraction of sp³-hybridized carbons (Fsp3) is 0.455. The van der Waals surface area contributed by atoms with Crippen LogP contribution in [-0.4, -0.2) is 6.54 Å². The number of nitrogens with one attached hydrogen (secondary N) is 1. The van der Waals surface area contributed by atoms with Gasteiger partial charge in [0, 0.05) is 12.6 Å². The number of anilines is 2. The van der Waals surface area contributed by atoms with Crippen LogP contribution in [0.2, 0.25) is 0 Å². The van der Waals surface area contributed by atoms with E-state index in [1.165, 1.54) is 18.9 Å². The number of benzene rings is 1. The Morgan fingerprint density at radius 2 is 2.13 bits per heavy atom. The van der Waals surface area contributed by atoms with Gasteiger partial charge in [-0.05, 0) is 35.1 Å². The Labute approximate surface area is 104 Å². The van der Waals surface area contributed by atoms with E-state index in [0.717, 1.165) is 13.0 Å². The van der Waals surface area contributed by atoms with Crippen LogP contribution in [0.4, 0.5) is 15.8 Å². The smallest absolute Gasteiger partial charge is 0.138 e. The standard InChI is InChI=1S/C11H16FIN2/c1-2-3-4-5-15-11-6-8(12)9(13)7-10(11)14/h6-7,15H,2-5,14H2,1H3. The lowest BCUT2D eigenvalue weighted by Gasteiger charge is -2.09. The van der Waals surface area contributed by atoms with Gasteiger partial charge in [-0.1, -0.05) is 19.8 Å². The molecule has 2 nitrogen and oxygen atoms in total. The first-order valence-electron chi connectivity index (χ1n) is 5.13. The minimum Gasteiger partial charge on any atom is -0.397 e. The molecule has 4 heteroatoms. The second-order valence-corrected chi connectivity index (χ2v) is 4.65. The molecule has 3 N–H and O–H groups in total. The molecule has 0 fully saturated rings. The first-order chi connectivity index (χ1) is 7.15. The van der Waals surface area contributed by atoms with Crippen LogP contribution < -0.4 is 11.1 Å². The number of hydrogen-bond acceptors (Lipinski definition) is 2. The lowest BCUT2D eigenvalue weighted by atomic mass is 10.2. The van der Waals surface area contributed by atoms with Crippen LogP contribution in [0.25, 0.3) is 0 Å². The highest BCUT2D eigenvalue weighted by Crippen LogP contribution is 2.23. The van der Waals surface area contributed by atoms with Crippen molar-refractivity contribution in [1.29, 1.82) is 0 Å². The average molecular weight is 322 g/mol. The number of halogens is 2. The van der Waals surface area contributed by atoms with Gasteiger partial charge < -0.3 is 11.1 Å². The Morgan fingerprint density at radius 3 is 2.80 bits per heavy atom. The first-order valence-corrected chi connectivity index (χ1v) is 6.21. The monoisotopic (exact) mass is 322 g/mol. The SMILES string of the molecule is CCCCCNc1cc(F)c(I)cc1N. The summed E-state index contributed by atoms with van der Waals surface area (Å²) in [4.78, 5) is 0. The molecule has 0 aliphatic carbocycles. The van der Waals surface area contributed by atoms with Gasteiger partial charge in [-0.15, -0.1) is 0 Å². The molecule has 1 aromatic carbocycles. The van der Waals surface area contributed by atoms with Gasteiger partial charge >= 0.3 is 0 Å². The van der Waals surface area contributed by atoms with Crippen molar-refractivity contribution in [3.8, 4) is 0 Å². The van der Waals surface area contributed by atoms with Crippen LogP contribution in [0.1, 0.15) is 26.2 Å². The zero-order chi connectivity index (χ0) is 11.3. The summed E-state index contributed by atoms with van der Waals surface area (Å²) in [5, 5.41) is 3.15. The van der Waals surface area contributed by atoms with Gasteiger partial charge in [0.05, 0.1) is 14.9 Å². The first kappa shape index (κ1) is 12.5. The third-order valence-corrected chi connectivity index (χ3v) is 3.01. The molecule has 0 saturated heterocycles. The number of unbranched alkanes of at least 4 members (excludes halogenated alkanes) is 2. The zero-order valence-corrected chi connectivity index (χ0v) is 11.0. The summed E-state index contributed by atoms with van der Waals surface area (Å²) in [5.41, 5.74) is 7.08. The quantitative estimate of drug-likeness (QED) is 0.494. The van der Waals surface area contributed by atoms with Crippen LogP contribution in [0, 0.1) is 9.39 Å². The molecule has 0 heterocycles. The molecule has 84 valence electrons. The molecule has 0 radical (unpaired) electrons. The predicted octanol–water partition coefficient (Wildman–Crippen LogP) is 3.61. The molecule has 0 amide bonds. The predicted molar refractivity (Wildman–Crippen MR) is 71.5 cm³/mol. The van der Waals surface area contributed by atoms with Crippen LogP contribution in [-0.2, 0) is 0 Å². The summed E-state index contributed by atoms with van der Waals surface area (Å²) in [6.45, 7) is 3.00. The largest absolute Gasteiger partial charge is 0.397 e. The Bertz CT molecular complexity index is 329. The van der Waals surface area contributed by atoms with E-state index in [1.54, 1.807) is 6.07 Å². The van der Waals surface area contributed by atoms with Crippen LogP contribution in [0.3, 0.4) is 0 Å². The molecule has 0 saturated carbocycles. The summed E-state index contributed by atoms with van der Waals surface area (Å²) in [7, 11) is 0. The molecule has 0 unspecified atom stereocenters. The van der Waals surface area contributed by atoms with Crippen LogP contribution in [0.15, 0.2) is 12.1 Å². The van der Waals surface area contributed by atoms with E-state index in [-0.39, 0.29) is 5.82 Å². The van der Waals surface area contributed by atoms with Crippen molar-refractivity contribution in [2.24, 2.45) is 0 Å². The lowest BCUT2D eigenvalue weighted by molar-refractivity contribution is 0.621. The Balaban J connectivity index is 2.57. The summed E-state index contributed by atoms with van der Waals surface area (Å²) in [6, 6.07) is 3.11. The van der Waals surface area contributed by atoms with Crippen LogP contribution in [0.5, 0.6) is 0 Å². The molecule has 0 atom stereocenters. The Hall–Kier alpha value is -0.520. The molecule has 1 aromatic rings. The van der Waals surface area contributed by atoms with Crippen molar-refractivity contribution < 1.29 is 4.39 Å². The van der Waals surface area contributed by atoms with Gasteiger partial charge in [-0.3, -0.25) is 0 Å². The Kier molecular flexibility index (Phi) is 5.14. The van der Waals surface area contributed by atoms with Crippen LogP contribution >= 0.6 is 22.6 Å². The van der Waals surface area contributed by atoms with Crippen molar-refractivity contribution in [1.82, 2.24) is 0 Å². The molecule has 1 rings (SSSR count). The zero-order valence-electron chi connectivity index (χ0n) is 8.82. The molecular weight excluding hydrogens is 306 g/mol. The fourth-order valence-electron chi connectivity index (χ4n) is 1.31. The van der Waals surface area contributed by atoms with Gasteiger partial charge in [-0.25, -0.2) is 4.39 Å². The molecule has 0 aromatic heterocycles. The molecule has 15 heavy (non-hydrogen) atoms. The van der Waals surface area contributed by atoms with E-state index in [1.807, 2.05) is 22.6 Å². The molecule has 0 bridgehead atoms. The molecule has 0 aliphatic heterocycles. The minimum atomic E-state index is -0.220. The van der Waals surface area contributed by atoms with E-state index >= 15 is 0 Å². The highest BCUT2D eigenvalue weighted by Gasteiger charge is 2.04. The van der Waals surface area contributed by atoms with E-state index < -0.39 is 0 Å². The van der Waals surface area contributed by atoms with Crippen molar-refractivity contribution in [2.45, 2.75) is 26.2 Å². The normalized spacial score (nSPS) is 10.3. The maximum atomic E-state index is 13.2. The van der Waals surface area contributed by atoms with Gasteiger partial charge in [-0.2, -0.15) is 0 Å². The number of hydrogen-bond donors (Lipinski definition) is 2. The van der Waals surface area contributed by atoms with Crippen molar-refractivity contribution in [2.75, 3.05) is 17.6 Å². The second-order valence-electron chi connectivity index (χ2n) is 3.49. The highest BCUT2D eigenvalue weighted by atomic mass is 127. The van der Waals surface area contributed by atoms with E-state index in [4.69, 9.17) is 5.73 Å². The second kappa shape index (κ2) is 6.15. The van der Waals surface area contributed by atoms with E-state index in [9.17, 15) is 4.39 Å². The molecule has 0 aliphatic rings. The van der Waals surface area contributed by atoms with Gasteiger partial charge in [0.15, 0.2) is 0 Å². The van der Waals surface area contributed by atoms with Gasteiger partial charge in [0.25, 0.3) is 0 Å². The lowest BCUT2D eigenvalue weighted by Crippen LogP contribution is -2.05.